The molecule has 1 rings (SSSR count). The molecule has 0 aliphatic carbocycles. The summed E-state index contributed by atoms with van der Waals surface area (Å²) < 4.78 is 13.0. The molecule has 0 amide bonds. The molecule has 17 heavy (non-hydrogen) atoms. The molecule has 3 heteroatoms. The molecule has 0 spiro atoms. The lowest BCUT2D eigenvalue weighted by Crippen LogP contribution is -2.20. The fourth-order valence-electron chi connectivity index (χ4n) is 1.73. The molecule has 0 unspecified atom stereocenters. The van der Waals surface area contributed by atoms with Gasteiger partial charge < -0.3 is 5.32 Å². The van der Waals surface area contributed by atoms with Crippen molar-refractivity contribution in [3.8, 4) is 0 Å². The molecule has 1 aromatic rings. The molecule has 0 aliphatic heterocycles. The van der Waals surface area contributed by atoms with E-state index in [9.17, 15) is 4.39 Å². The van der Waals surface area contributed by atoms with Gasteiger partial charge in [0.1, 0.15) is 5.82 Å². The number of hydrogen-bond acceptors (Lipinski definition) is 1. The van der Waals surface area contributed by atoms with Crippen LogP contribution in [0.4, 0.5) is 4.39 Å². The molecule has 0 atom stereocenters. The smallest absolute Gasteiger partial charge is 0.124 e. The number of hydrogen-bond donors (Lipinski definition) is 1. The topological polar surface area (TPSA) is 12.0 Å². The normalized spacial score (nSPS) is 11.1. The van der Waals surface area contributed by atoms with E-state index >= 15 is 0 Å². The van der Waals surface area contributed by atoms with Gasteiger partial charge in [-0.3, -0.25) is 0 Å². The van der Waals surface area contributed by atoms with Crippen LogP contribution in [0.25, 0.3) is 0 Å². The van der Waals surface area contributed by atoms with Crippen molar-refractivity contribution in [2.75, 3.05) is 13.1 Å². The van der Waals surface area contributed by atoms with E-state index in [0.717, 1.165) is 37.9 Å². The van der Waals surface area contributed by atoms with Gasteiger partial charge in [-0.05, 0) is 62.0 Å². The molecule has 0 aromatic heterocycles. The number of benzene rings is 1. The number of unbranched alkanes of at least 4 members (excludes halogenated alkanes) is 1. The van der Waals surface area contributed by atoms with Gasteiger partial charge in [-0.25, -0.2) is 4.39 Å². The Morgan fingerprint density at radius 1 is 1.24 bits per heavy atom. The average molecular weight is 258 g/mol. The van der Waals surface area contributed by atoms with Gasteiger partial charge >= 0.3 is 0 Å². The van der Waals surface area contributed by atoms with Crippen LogP contribution in [0.1, 0.15) is 32.3 Å². The second kappa shape index (κ2) is 7.67. The van der Waals surface area contributed by atoms with Crippen molar-refractivity contribution in [2.24, 2.45) is 5.92 Å². The predicted molar refractivity (Wildman–Crippen MR) is 72.1 cm³/mol. The van der Waals surface area contributed by atoms with Crippen molar-refractivity contribution in [2.45, 2.75) is 33.1 Å². The predicted octanol–water partition coefficient (Wildman–Crippen LogP) is 4.05. The Kier molecular flexibility index (Phi) is 6.53. The summed E-state index contributed by atoms with van der Waals surface area (Å²) in [5, 5.41) is 3.88. The van der Waals surface area contributed by atoms with Crippen LogP contribution >= 0.6 is 11.6 Å². The first-order valence-corrected chi connectivity index (χ1v) is 6.61. The van der Waals surface area contributed by atoms with Gasteiger partial charge in [-0.2, -0.15) is 0 Å². The molecule has 0 saturated heterocycles. The van der Waals surface area contributed by atoms with Crippen LogP contribution in [0, 0.1) is 11.7 Å². The maximum Gasteiger partial charge on any atom is 0.124 e. The summed E-state index contributed by atoms with van der Waals surface area (Å²) in [6.45, 7) is 6.48. The molecule has 1 nitrogen and oxygen atoms in total. The van der Waals surface area contributed by atoms with Crippen molar-refractivity contribution in [3.63, 3.8) is 0 Å². The number of aryl methyl sites for hydroxylation is 1. The monoisotopic (exact) mass is 257 g/mol. The van der Waals surface area contributed by atoms with E-state index in [0.29, 0.717) is 10.9 Å². The van der Waals surface area contributed by atoms with Gasteiger partial charge in [0.2, 0.25) is 0 Å². The van der Waals surface area contributed by atoms with Crippen molar-refractivity contribution >= 4 is 11.6 Å². The van der Waals surface area contributed by atoms with Crippen molar-refractivity contribution in [1.29, 1.82) is 0 Å². The first kappa shape index (κ1) is 14.5. The van der Waals surface area contributed by atoms with Crippen molar-refractivity contribution in [1.82, 2.24) is 5.32 Å². The number of nitrogens with one attached hydrogen (secondary N) is 1. The highest BCUT2D eigenvalue weighted by Crippen LogP contribution is 2.15. The van der Waals surface area contributed by atoms with Crippen molar-refractivity contribution in [3.05, 3.63) is 34.6 Å². The Labute approximate surface area is 108 Å². The molecular formula is C14H21ClFN. The first-order valence-electron chi connectivity index (χ1n) is 6.23. The fourth-order valence-corrected chi connectivity index (χ4v) is 1.97. The third kappa shape index (κ3) is 6.64. The van der Waals surface area contributed by atoms with Crippen LogP contribution in [0.3, 0.4) is 0 Å². The SMILES string of the molecule is CC(C)CNCCCCc1cc(F)cc(Cl)c1. The zero-order valence-corrected chi connectivity index (χ0v) is 11.4. The highest BCUT2D eigenvalue weighted by Gasteiger charge is 1.99. The van der Waals surface area contributed by atoms with Gasteiger partial charge in [0.15, 0.2) is 0 Å². The highest BCUT2D eigenvalue weighted by atomic mass is 35.5. The lowest BCUT2D eigenvalue weighted by molar-refractivity contribution is 0.535. The van der Waals surface area contributed by atoms with Crippen LogP contribution in [-0.4, -0.2) is 13.1 Å². The van der Waals surface area contributed by atoms with Gasteiger partial charge in [0.25, 0.3) is 0 Å². The van der Waals surface area contributed by atoms with E-state index < -0.39 is 0 Å². The summed E-state index contributed by atoms with van der Waals surface area (Å²) in [6.07, 6.45) is 3.06. The summed E-state index contributed by atoms with van der Waals surface area (Å²) in [6, 6.07) is 4.74. The lowest BCUT2D eigenvalue weighted by atomic mass is 10.1. The van der Waals surface area contributed by atoms with E-state index in [-0.39, 0.29) is 5.82 Å². The Morgan fingerprint density at radius 2 is 2.00 bits per heavy atom. The average Bonchev–Trinajstić information content (AvgIpc) is 2.21. The fraction of sp³-hybridized carbons (Fsp3) is 0.571. The van der Waals surface area contributed by atoms with Crippen LogP contribution in [-0.2, 0) is 6.42 Å². The molecule has 0 heterocycles. The summed E-state index contributed by atoms with van der Waals surface area (Å²) in [5.74, 6) is 0.447. The number of rotatable bonds is 7. The summed E-state index contributed by atoms with van der Waals surface area (Å²) in [4.78, 5) is 0. The molecule has 0 fully saturated rings. The molecule has 0 radical (unpaired) electrons. The standard InChI is InChI=1S/C14H21ClFN/c1-11(2)10-17-6-4-3-5-12-7-13(15)9-14(16)8-12/h7-9,11,17H,3-6,10H2,1-2H3. The second-order valence-electron chi connectivity index (χ2n) is 4.83. The van der Waals surface area contributed by atoms with Gasteiger partial charge in [0.05, 0.1) is 0 Å². The van der Waals surface area contributed by atoms with Crippen molar-refractivity contribution < 1.29 is 4.39 Å². The minimum absolute atomic E-state index is 0.245. The maximum absolute atomic E-state index is 13.0. The Hall–Kier alpha value is -0.600. The zero-order chi connectivity index (χ0) is 12.7. The van der Waals surface area contributed by atoms with Crippen LogP contribution in [0.15, 0.2) is 18.2 Å². The first-order chi connectivity index (χ1) is 8.08. The number of halogens is 2. The van der Waals surface area contributed by atoms with Crippen LogP contribution in [0.5, 0.6) is 0 Å². The second-order valence-corrected chi connectivity index (χ2v) is 5.27. The van der Waals surface area contributed by atoms with E-state index in [4.69, 9.17) is 11.6 Å². The molecule has 0 bridgehead atoms. The van der Waals surface area contributed by atoms with E-state index in [2.05, 4.69) is 19.2 Å². The highest BCUT2D eigenvalue weighted by molar-refractivity contribution is 6.30. The van der Waals surface area contributed by atoms with Crippen LogP contribution in [0.2, 0.25) is 5.02 Å². The van der Waals surface area contributed by atoms with Crippen LogP contribution < -0.4 is 5.32 Å². The van der Waals surface area contributed by atoms with Gasteiger partial charge in [-0.15, -0.1) is 0 Å². The molecule has 1 aromatic carbocycles. The minimum Gasteiger partial charge on any atom is -0.316 e. The third-order valence-corrected chi connectivity index (χ3v) is 2.76. The van der Waals surface area contributed by atoms with Gasteiger partial charge in [-0.1, -0.05) is 25.4 Å². The Morgan fingerprint density at radius 3 is 2.65 bits per heavy atom. The Balaban J connectivity index is 2.18. The third-order valence-electron chi connectivity index (χ3n) is 2.54. The summed E-state index contributed by atoms with van der Waals surface area (Å²) >= 11 is 5.80. The minimum atomic E-state index is -0.245. The molecule has 1 N–H and O–H groups in total. The molecule has 0 saturated carbocycles. The maximum atomic E-state index is 13.0. The molecular weight excluding hydrogens is 237 g/mol. The quantitative estimate of drug-likeness (QED) is 0.727. The van der Waals surface area contributed by atoms with E-state index in [1.54, 1.807) is 6.07 Å². The van der Waals surface area contributed by atoms with Gasteiger partial charge in [0, 0.05) is 5.02 Å². The van der Waals surface area contributed by atoms with E-state index in [1.165, 1.54) is 6.07 Å². The lowest BCUT2D eigenvalue weighted by Gasteiger charge is -2.07. The molecule has 0 aliphatic rings. The van der Waals surface area contributed by atoms with E-state index in [1.807, 2.05) is 6.07 Å². The largest absolute Gasteiger partial charge is 0.316 e. The molecule has 96 valence electrons. The summed E-state index contributed by atoms with van der Waals surface area (Å²) in [7, 11) is 0. The zero-order valence-electron chi connectivity index (χ0n) is 10.6. The summed E-state index contributed by atoms with van der Waals surface area (Å²) in [5.41, 5.74) is 0.985. The Bertz CT molecular complexity index is 319.